The van der Waals surface area contributed by atoms with Crippen LogP contribution in [-0.4, -0.2) is 6.08 Å². The van der Waals surface area contributed by atoms with E-state index >= 15 is 0 Å². The summed E-state index contributed by atoms with van der Waals surface area (Å²) in [5.74, 6) is 0.514. The fourth-order valence-electron chi connectivity index (χ4n) is 1.72. The minimum absolute atomic E-state index is 0.376. The molecule has 4 heteroatoms. The molecule has 76 valence electrons. The summed E-state index contributed by atoms with van der Waals surface area (Å²) in [6.45, 7) is 1.87. The Bertz CT molecular complexity index is 533. The van der Waals surface area contributed by atoms with E-state index in [0.717, 1.165) is 17.5 Å². The van der Waals surface area contributed by atoms with Gasteiger partial charge in [-0.2, -0.15) is 4.99 Å². The van der Waals surface area contributed by atoms with E-state index in [2.05, 4.69) is 4.99 Å². The topological polar surface area (TPSA) is 59.6 Å². The number of hydrogen-bond donors (Lipinski definition) is 0. The van der Waals surface area contributed by atoms with Crippen LogP contribution in [0.1, 0.15) is 23.3 Å². The molecule has 1 aromatic rings. The molecule has 15 heavy (non-hydrogen) atoms. The second kappa shape index (κ2) is 3.67. The van der Waals surface area contributed by atoms with Gasteiger partial charge in [0.1, 0.15) is 5.76 Å². The number of aryl methyl sites for hydroxylation is 1. The monoisotopic (exact) mass is 203 g/mol. The summed E-state index contributed by atoms with van der Waals surface area (Å²) >= 11 is 0. The van der Waals surface area contributed by atoms with Gasteiger partial charge >= 0.3 is 5.63 Å². The van der Waals surface area contributed by atoms with Crippen LogP contribution in [0.2, 0.25) is 0 Å². The van der Waals surface area contributed by atoms with E-state index in [0.29, 0.717) is 17.9 Å². The molecule has 0 fully saturated rings. The van der Waals surface area contributed by atoms with Gasteiger partial charge in [-0.25, -0.2) is 9.59 Å². The lowest BCUT2D eigenvalue weighted by atomic mass is 9.97. The average Bonchev–Trinajstić information content (AvgIpc) is 2.17. The minimum Gasteiger partial charge on any atom is -0.423 e. The van der Waals surface area contributed by atoms with Crippen molar-refractivity contribution in [1.82, 2.24) is 0 Å². The van der Waals surface area contributed by atoms with Gasteiger partial charge in [0.2, 0.25) is 6.08 Å². The fraction of sp³-hybridized carbons (Fsp3) is 0.273. The molecule has 0 unspecified atom stereocenters. The first-order valence-electron chi connectivity index (χ1n) is 4.63. The van der Waals surface area contributed by atoms with Gasteiger partial charge in [0.25, 0.3) is 0 Å². The summed E-state index contributed by atoms with van der Waals surface area (Å²) in [7, 11) is 0. The van der Waals surface area contributed by atoms with Crippen molar-refractivity contribution in [3.05, 3.63) is 39.1 Å². The third kappa shape index (κ3) is 1.80. The van der Waals surface area contributed by atoms with Gasteiger partial charge in [0, 0.05) is 12.1 Å². The van der Waals surface area contributed by atoms with E-state index in [1.54, 1.807) is 6.08 Å². The van der Waals surface area contributed by atoms with Crippen LogP contribution in [0.4, 0.5) is 0 Å². The fourth-order valence-corrected chi connectivity index (χ4v) is 1.72. The first-order chi connectivity index (χ1) is 7.20. The maximum atomic E-state index is 11.1. The van der Waals surface area contributed by atoms with Crippen molar-refractivity contribution in [2.45, 2.75) is 19.8 Å². The lowest BCUT2D eigenvalue weighted by molar-refractivity contribution is 0.488. The number of carbonyl (C=O) groups excluding carboxylic acids is 1. The van der Waals surface area contributed by atoms with Crippen molar-refractivity contribution < 1.29 is 9.21 Å². The number of aliphatic imine (C=N–C) groups is 1. The predicted molar refractivity (Wildman–Crippen MR) is 54.1 cm³/mol. The standard InChI is InChI=1S/C11H9NO3/c1-7-4-11(14)15-10-5-8(12-6-13)2-3-9(7)10/h4-5H,2-3H2,1H3. The molecular formula is C11H9NO3. The van der Waals surface area contributed by atoms with E-state index in [9.17, 15) is 9.59 Å². The molecule has 4 nitrogen and oxygen atoms in total. The van der Waals surface area contributed by atoms with E-state index < -0.39 is 0 Å². The van der Waals surface area contributed by atoms with Gasteiger partial charge in [-0.3, -0.25) is 0 Å². The Hall–Kier alpha value is -1.93. The molecule has 2 rings (SSSR count). The minimum atomic E-state index is -0.376. The predicted octanol–water partition coefficient (Wildman–Crippen LogP) is 1.57. The molecule has 1 heterocycles. The van der Waals surface area contributed by atoms with Crippen molar-refractivity contribution in [3.63, 3.8) is 0 Å². The highest BCUT2D eigenvalue weighted by Gasteiger charge is 2.14. The lowest BCUT2D eigenvalue weighted by Crippen LogP contribution is -2.07. The highest BCUT2D eigenvalue weighted by Crippen LogP contribution is 2.25. The van der Waals surface area contributed by atoms with Gasteiger partial charge in [-0.15, -0.1) is 0 Å². The summed E-state index contributed by atoms with van der Waals surface area (Å²) in [6, 6.07) is 1.47. The molecule has 0 bridgehead atoms. The summed E-state index contributed by atoms with van der Waals surface area (Å²) in [5.41, 5.74) is 2.16. The van der Waals surface area contributed by atoms with Gasteiger partial charge in [0.05, 0.1) is 5.70 Å². The molecule has 1 aliphatic carbocycles. The molecule has 1 aromatic heterocycles. The molecule has 0 spiro atoms. The Labute approximate surface area is 85.9 Å². The summed E-state index contributed by atoms with van der Waals surface area (Å²) in [4.78, 5) is 24.8. The largest absolute Gasteiger partial charge is 0.423 e. The quantitative estimate of drug-likeness (QED) is 0.514. The Balaban J connectivity index is 2.59. The molecular weight excluding hydrogens is 194 g/mol. The molecule has 0 aromatic carbocycles. The van der Waals surface area contributed by atoms with E-state index in [1.807, 2.05) is 6.92 Å². The van der Waals surface area contributed by atoms with Crippen LogP contribution < -0.4 is 5.63 Å². The van der Waals surface area contributed by atoms with Crippen molar-refractivity contribution in [2.75, 3.05) is 0 Å². The zero-order chi connectivity index (χ0) is 10.8. The molecule has 0 N–H and O–H groups in total. The normalized spacial score (nSPS) is 13.8. The Morgan fingerprint density at radius 1 is 1.47 bits per heavy atom. The second-order valence-corrected chi connectivity index (χ2v) is 3.43. The third-order valence-electron chi connectivity index (χ3n) is 2.44. The van der Waals surface area contributed by atoms with Gasteiger partial charge in [-0.05, 0) is 30.9 Å². The van der Waals surface area contributed by atoms with Gasteiger partial charge in [-0.1, -0.05) is 0 Å². The number of rotatable bonds is 1. The molecule has 0 amide bonds. The van der Waals surface area contributed by atoms with Gasteiger partial charge in [0.15, 0.2) is 0 Å². The molecule has 0 saturated carbocycles. The molecule has 0 radical (unpaired) electrons. The Morgan fingerprint density at radius 2 is 2.27 bits per heavy atom. The number of isocyanates is 1. The zero-order valence-corrected chi connectivity index (χ0v) is 8.24. The highest BCUT2D eigenvalue weighted by atomic mass is 16.4. The zero-order valence-electron chi connectivity index (χ0n) is 8.24. The van der Waals surface area contributed by atoms with Crippen LogP contribution in [0.5, 0.6) is 0 Å². The van der Waals surface area contributed by atoms with Crippen LogP contribution in [0.25, 0.3) is 6.08 Å². The summed E-state index contributed by atoms with van der Waals surface area (Å²) in [5, 5.41) is 0. The Morgan fingerprint density at radius 3 is 3.00 bits per heavy atom. The third-order valence-corrected chi connectivity index (χ3v) is 2.44. The van der Waals surface area contributed by atoms with Crippen LogP contribution in [0.15, 0.2) is 26.0 Å². The number of nitrogens with zero attached hydrogens (tertiary/aromatic N) is 1. The lowest BCUT2D eigenvalue weighted by Gasteiger charge is -2.12. The maximum absolute atomic E-state index is 11.1. The number of hydrogen-bond acceptors (Lipinski definition) is 4. The smallest absolute Gasteiger partial charge is 0.336 e. The first kappa shape index (κ1) is 9.62. The number of fused-ring (bicyclic) bond motifs is 1. The van der Waals surface area contributed by atoms with Crippen molar-refractivity contribution in [2.24, 2.45) is 4.99 Å². The number of allylic oxidation sites excluding steroid dienone is 1. The van der Waals surface area contributed by atoms with E-state index in [4.69, 9.17) is 4.42 Å². The SMILES string of the molecule is Cc1cc(=O)oc2c1CCC(N=C=O)=C2. The first-order valence-corrected chi connectivity index (χ1v) is 4.63. The van der Waals surface area contributed by atoms with E-state index in [1.165, 1.54) is 12.1 Å². The second-order valence-electron chi connectivity index (χ2n) is 3.43. The average molecular weight is 203 g/mol. The molecule has 0 aliphatic heterocycles. The van der Waals surface area contributed by atoms with Crippen molar-refractivity contribution >= 4 is 12.2 Å². The van der Waals surface area contributed by atoms with Gasteiger partial charge < -0.3 is 4.42 Å². The van der Waals surface area contributed by atoms with Crippen LogP contribution in [-0.2, 0) is 11.2 Å². The summed E-state index contributed by atoms with van der Waals surface area (Å²) < 4.78 is 5.04. The van der Waals surface area contributed by atoms with Crippen LogP contribution in [0.3, 0.4) is 0 Å². The van der Waals surface area contributed by atoms with Crippen molar-refractivity contribution in [3.8, 4) is 0 Å². The molecule has 0 saturated heterocycles. The van der Waals surface area contributed by atoms with Crippen molar-refractivity contribution in [1.29, 1.82) is 0 Å². The Kier molecular flexibility index (Phi) is 2.35. The maximum Gasteiger partial charge on any atom is 0.336 e. The summed E-state index contributed by atoms with van der Waals surface area (Å²) in [6.07, 6.45) is 4.52. The van der Waals surface area contributed by atoms with Crippen LogP contribution in [0, 0.1) is 6.92 Å². The molecule has 1 aliphatic rings. The van der Waals surface area contributed by atoms with Crippen LogP contribution >= 0.6 is 0 Å². The highest BCUT2D eigenvalue weighted by molar-refractivity contribution is 5.57. The molecule has 0 atom stereocenters. The van der Waals surface area contributed by atoms with E-state index in [-0.39, 0.29) is 5.63 Å².